The summed E-state index contributed by atoms with van der Waals surface area (Å²) in [6, 6.07) is 4.24. The van der Waals surface area contributed by atoms with Crippen LogP contribution in [-0.2, 0) is 4.79 Å². The molecule has 0 radical (unpaired) electrons. The van der Waals surface area contributed by atoms with Crippen molar-refractivity contribution < 1.29 is 24.2 Å². The van der Waals surface area contributed by atoms with Gasteiger partial charge < -0.3 is 19.9 Å². The summed E-state index contributed by atoms with van der Waals surface area (Å²) in [6.07, 6.45) is 1.15. The highest BCUT2D eigenvalue weighted by Gasteiger charge is 2.22. The lowest BCUT2D eigenvalue weighted by Crippen LogP contribution is -2.31. The Labute approximate surface area is 151 Å². The molecule has 26 heavy (non-hydrogen) atoms. The van der Waals surface area contributed by atoms with Crippen LogP contribution in [0.25, 0.3) is 0 Å². The highest BCUT2D eigenvalue weighted by molar-refractivity contribution is 5.95. The number of nitrogens with one attached hydrogen (secondary N) is 1. The Morgan fingerprint density at radius 1 is 1.19 bits per heavy atom. The lowest BCUT2D eigenvalue weighted by Gasteiger charge is -2.19. The van der Waals surface area contributed by atoms with Crippen molar-refractivity contribution in [1.29, 1.82) is 0 Å². The molecule has 2 aromatic rings. The number of benzene rings is 1. The number of carboxylic acid groups (broad SMARTS) is 1. The van der Waals surface area contributed by atoms with E-state index in [9.17, 15) is 14.7 Å². The van der Waals surface area contributed by atoms with Crippen LogP contribution in [0.3, 0.4) is 0 Å². The van der Waals surface area contributed by atoms with Crippen LogP contribution in [0.2, 0.25) is 0 Å². The maximum Gasteiger partial charge on any atom is 0.305 e. The molecule has 1 amide bonds. The smallest absolute Gasteiger partial charge is 0.305 e. The van der Waals surface area contributed by atoms with Crippen LogP contribution < -0.4 is 14.8 Å². The third-order valence-electron chi connectivity index (χ3n) is 3.84. The highest BCUT2D eigenvalue weighted by Crippen LogP contribution is 2.31. The van der Waals surface area contributed by atoms with Gasteiger partial charge in [0, 0.05) is 6.20 Å². The number of hydrogen-bond acceptors (Lipinski definition) is 6. The molecule has 8 heteroatoms. The summed E-state index contributed by atoms with van der Waals surface area (Å²) in [5.41, 5.74) is 1.41. The first-order chi connectivity index (χ1) is 12.3. The average molecular weight is 359 g/mol. The summed E-state index contributed by atoms with van der Waals surface area (Å²) in [5, 5.41) is 11.9. The number of aryl methyl sites for hydroxylation is 2. The van der Waals surface area contributed by atoms with Crippen molar-refractivity contribution in [2.24, 2.45) is 0 Å². The Bertz CT molecular complexity index is 822. The van der Waals surface area contributed by atoms with E-state index >= 15 is 0 Å². The molecule has 1 aromatic heterocycles. The number of aromatic nitrogens is 2. The molecule has 0 aliphatic carbocycles. The molecule has 0 saturated carbocycles. The second-order valence-corrected chi connectivity index (χ2v) is 5.65. The molecule has 0 aliphatic heterocycles. The summed E-state index contributed by atoms with van der Waals surface area (Å²) < 4.78 is 10.4. The van der Waals surface area contributed by atoms with Crippen LogP contribution in [0.5, 0.6) is 11.5 Å². The van der Waals surface area contributed by atoms with Gasteiger partial charge in [-0.1, -0.05) is 6.07 Å². The van der Waals surface area contributed by atoms with E-state index in [1.165, 1.54) is 20.4 Å². The van der Waals surface area contributed by atoms with Gasteiger partial charge in [-0.05, 0) is 31.5 Å². The zero-order chi connectivity index (χ0) is 19.3. The zero-order valence-electron chi connectivity index (χ0n) is 15.1. The first-order valence-corrected chi connectivity index (χ1v) is 7.90. The predicted octanol–water partition coefficient (Wildman–Crippen LogP) is 2.06. The molecule has 2 rings (SSSR count). The standard InChI is InChI=1S/C18H21N3O5/c1-10-13(9-19-11(2)20-10)18(24)21-14(8-17(22)23)12-5-6-15(25-3)16(7-12)26-4/h5-7,9,14H,8H2,1-4H3,(H,21,24)(H,22,23). The molecule has 8 nitrogen and oxygen atoms in total. The lowest BCUT2D eigenvalue weighted by atomic mass is 10.0. The molecule has 138 valence electrons. The molecule has 0 fully saturated rings. The minimum atomic E-state index is -1.04. The van der Waals surface area contributed by atoms with E-state index in [2.05, 4.69) is 15.3 Å². The molecule has 1 heterocycles. The summed E-state index contributed by atoms with van der Waals surface area (Å²) in [6.45, 7) is 3.43. The van der Waals surface area contributed by atoms with E-state index in [1.54, 1.807) is 32.0 Å². The molecule has 1 unspecified atom stereocenters. The largest absolute Gasteiger partial charge is 0.493 e. The van der Waals surface area contributed by atoms with E-state index in [4.69, 9.17) is 9.47 Å². The van der Waals surface area contributed by atoms with E-state index in [1.807, 2.05) is 0 Å². The van der Waals surface area contributed by atoms with Crippen molar-refractivity contribution in [3.63, 3.8) is 0 Å². The molecule has 0 saturated heterocycles. The minimum Gasteiger partial charge on any atom is -0.493 e. The topological polar surface area (TPSA) is 111 Å². The van der Waals surface area contributed by atoms with Gasteiger partial charge in [-0.15, -0.1) is 0 Å². The van der Waals surface area contributed by atoms with Crippen molar-refractivity contribution in [3.05, 3.63) is 47.0 Å². The van der Waals surface area contributed by atoms with Crippen LogP contribution in [0, 0.1) is 13.8 Å². The van der Waals surface area contributed by atoms with Gasteiger partial charge in [-0.2, -0.15) is 0 Å². The second kappa shape index (κ2) is 8.28. The number of carbonyl (C=O) groups excluding carboxylic acids is 1. The number of amides is 1. The molecule has 0 aliphatic rings. The Kier molecular flexibility index (Phi) is 6.11. The van der Waals surface area contributed by atoms with Crippen LogP contribution in [0.15, 0.2) is 24.4 Å². The summed E-state index contributed by atoms with van der Waals surface area (Å²) in [4.78, 5) is 32.0. The van der Waals surface area contributed by atoms with Crippen LogP contribution >= 0.6 is 0 Å². The Balaban J connectivity index is 2.32. The Hall–Kier alpha value is -3.16. The van der Waals surface area contributed by atoms with Crippen LogP contribution in [0.4, 0.5) is 0 Å². The molecular weight excluding hydrogens is 338 g/mol. The number of hydrogen-bond donors (Lipinski definition) is 2. The maximum absolute atomic E-state index is 12.6. The molecule has 0 bridgehead atoms. The van der Waals surface area contributed by atoms with E-state index in [0.29, 0.717) is 34.1 Å². The quantitative estimate of drug-likeness (QED) is 0.778. The van der Waals surface area contributed by atoms with Gasteiger partial charge in [-0.25, -0.2) is 9.97 Å². The first-order valence-electron chi connectivity index (χ1n) is 7.90. The number of rotatable bonds is 7. The molecule has 0 spiro atoms. The fourth-order valence-corrected chi connectivity index (χ4v) is 2.54. The fraction of sp³-hybridized carbons (Fsp3) is 0.333. The van der Waals surface area contributed by atoms with Crippen molar-refractivity contribution in [3.8, 4) is 11.5 Å². The SMILES string of the molecule is COc1ccc(C(CC(=O)O)NC(=O)c2cnc(C)nc2C)cc1OC. The van der Waals surface area contributed by atoms with Gasteiger partial charge in [0.15, 0.2) is 11.5 Å². The van der Waals surface area contributed by atoms with Gasteiger partial charge in [-0.3, -0.25) is 9.59 Å². The van der Waals surface area contributed by atoms with Gasteiger partial charge >= 0.3 is 5.97 Å². The summed E-state index contributed by atoms with van der Waals surface area (Å²) in [5.74, 6) is 0.0374. The number of carboxylic acids is 1. The number of carbonyl (C=O) groups is 2. The van der Waals surface area contributed by atoms with Crippen molar-refractivity contribution in [2.45, 2.75) is 26.3 Å². The number of methoxy groups -OCH3 is 2. The minimum absolute atomic E-state index is 0.285. The van der Waals surface area contributed by atoms with Crippen molar-refractivity contribution in [1.82, 2.24) is 15.3 Å². The van der Waals surface area contributed by atoms with Crippen molar-refractivity contribution in [2.75, 3.05) is 14.2 Å². The normalized spacial score (nSPS) is 11.5. The van der Waals surface area contributed by atoms with Crippen molar-refractivity contribution >= 4 is 11.9 Å². The van der Waals surface area contributed by atoms with E-state index in [0.717, 1.165) is 0 Å². The van der Waals surface area contributed by atoms with Gasteiger partial charge in [0.1, 0.15) is 5.82 Å². The molecule has 2 N–H and O–H groups in total. The Morgan fingerprint density at radius 3 is 2.46 bits per heavy atom. The van der Waals surface area contributed by atoms with Gasteiger partial charge in [0.05, 0.1) is 37.9 Å². The second-order valence-electron chi connectivity index (χ2n) is 5.65. The summed E-state index contributed by atoms with van der Waals surface area (Å²) >= 11 is 0. The Morgan fingerprint density at radius 2 is 1.88 bits per heavy atom. The third-order valence-corrected chi connectivity index (χ3v) is 3.84. The third kappa shape index (κ3) is 4.47. The van der Waals surface area contributed by atoms with Gasteiger partial charge in [0.2, 0.25) is 0 Å². The average Bonchev–Trinajstić information content (AvgIpc) is 2.59. The highest BCUT2D eigenvalue weighted by atomic mass is 16.5. The van der Waals surface area contributed by atoms with Gasteiger partial charge in [0.25, 0.3) is 5.91 Å². The maximum atomic E-state index is 12.6. The zero-order valence-corrected chi connectivity index (χ0v) is 15.1. The first kappa shape index (κ1) is 19.2. The monoisotopic (exact) mass is 359 g/mol. The molecule has 1 atom stereocenters. The molecule has 1 aromatic carbocycles. The molecular formula is C18H21N3O5. The van der Waals surface area contributed by atoms with Crippen LogP contribution in [0.1, 0.15) is 39.9 Å². The lowest BCUT2D eigenvalue weighted by molar-refractivity contribution is -0.137. The number of aliphatic carboxylic acids is 1. The van der Waals surface area contributed by atoms with Crippen LogP contribution in [-0.4, -0.2) is 41.2 Å². The van der Waals surface area contributed by atoms with E-state index in [-0.39, 0.29) is 6.42 Å². The van der Waals surface area contributed by atoms with E-state index < -0.39 is 17.9 Å². The number of ether oxygens (including phenoxy) is 2. The fourth-order valence-electron chi connectivity index (χ4n) is 2.54. The predicted molar refractivity (Wildman–Crippen MR) is 93.5 cm³/mol. The summed E-state index contributed by atoms with van der Waals surface area (Å²) in [7, 11) is 2.99. The number of nitrogens with zero attached hydrogens (tertiary/aromatic N) is 2.